The molecule has 4 rings (SSSR count). The molecule has 0 bridgehead atoms. The number of likely N-dealkylation sites (tertiary alicyclic amines) is 1. The predicted octanol–water partition coefficient (Wildman–Crippen LogP) is 3.97. The molecule has 0 atom stereocenters. The minimum Gasteiger partial charge on any atom is -0.379 e. The van der Waals surface area contributed by atoms with Gasteiger partial charge in [-0.1, -0.05) is 48.5 Å². The molecule has 2 aliphatic rings. The van der Waals surface area contributed by atoms with Gasteiger partial charge >= 0.3 is 0 Å². The summed E-state index contributed by atoms with van der Waals surface area (Å²) in [7, 11) is 0. The van der Waals surface area contributed by atoms with Crippen LogP contribution >= 0.6 is 0 Å². The summed E-state index contributed by atoms with van der Waals surface area (Å²) in [4.78, 5) is 17.6. The zero-order valence-corrected chi connectivity index (χ0v) is 17.6. The minimum atomic E-state index is -0.131. The molecule has 0 aliphatic carbocycles. The lowest BCUT2D eigenvalue weighted by Crippen LogP contribution is -2.52. The number of likely N-dealkylation sites (N-methyl/N-ethyl adjacent to an activating group) is 1. The zero-order chi connectivity index (χ0) is 20.1. The van der Waals surface area contributed by atoms with Gasteiger partial charge in [0.25, 0.3) is 0 Å². The normalized spacial score (nSPS) is 19.8. The number of amides is 1. The Bertz CT molecular complexity index is 812. The largest absolute Gasteiger partial charge is 0.379 e. The second-order valence-corrected chi connectivity index (χ2v) is 8.54. The fourth-order valence-corrected chi connectivity index (χ4v) is 4.74. The summed E-state index contributed by atoms with van der Waals surface area (Å²) in [6.45, 7) is 6.87. The van der Waals surface area contributed by atoms with Crippen molar-refractivity contribution in [3.63, 3.8) is 0 Å². The van der Waals surface area contributed by atoms with Crippen LogP contribution in [0.2, 0.25) is 0 Å². The number of carbonyl (C=O) groups excluding carboxylic acids is 1. The first kappa shape index (κ1) is 20.0. The Kier molecular flexibility index (Phi) is 6.19. The van der Waals surface area contributed by atoms with E-state index in [4.69, 9.17) is 0 Å². The summed E-state index contributed by atoms with van der Waals surface area (Å²) >= 11 is 0. The molecule has 4 heteroatoms. The molecule has 0 aromatic heterocycles. The van der Waals surface area contributed by atoms with E-state index >= 15 is 0 Å². The molecular weight excluding hydrogens is 358 g/mol. The predicted molar refractivity (Wildman–Crippen MR) is 119 cm³/mol. The van der Waals surface area contributed by atoms with Gasteiger partial charge in [0.05, 0.1) is 0 Å². The first-order chi connectivity index (χ1) is 14.2. The molecular formula is C25H33N3O. The second-order valence-electron chi connectivity index (χ2n) is 8.54. The fourth-order valence-electron chi connectivity index (χ4n) is 4.74. The Morgan fingerprint density at radius 1 is 0.966 bits per heavy atom. The molecule has 0 unspecified atom stereocenters. The molecule has 1 spiro atoms. The second kappa shape index (κ2) is 9.00. The van der Waals surface area contributed by atoms with Crippen LogP contribution < -0.4 is 5.32 Å². The van der Waals surface area contributed by atoms with Crippen LogP contribution in [-0.2, 0) is 17.6 Å². The monoisotopic (exact) mass is 391 g/mol. The Hall–Kier alpha value is -2.33. The SMILES string of the molecule is CCN1CCc2ccccc2NC2(CCN(CCc3ccccc3)CC2)CC1=O. The number of hydrogen-bond donors (Lipinski definition) is 1. The number of nitrogens with one attached hydrogen (secondary N) is 1. The third-order valence-electron chi connectivity index (χ3n) is 6.66. The highest BCUT2D eigenvalue weighted by Gasteiger charge is 2.38. The van der Waals surface area contributed by atoms with Gasteiger partial charge in [0, 0.05) is 50.4 Å². The molecule has 1 amide bonds. The van der Waals surface area contributed by atoms with Crippen molar-refractivity contribution in [1.82, 2.24) is 9.80 Å². The van der Waals surface area contributed by atoms with Gasteiger partial charge < -0.3 is 15.1 Å². The summed E-state index contributed by atoms with van der Waals surface area (Å²) in [5.41, 5.74) is 3.81. The van der Waals surface area contributed by atoms with Crippen molar-refractivity contribution < 1.29 is 4.79 Å². The fraction of sp³-hybridized carbons (Fsp3) is 0.480. The summed E-state index contributed by atoms with van der Waals surface area (Å²) in [5, 5.41) is 3.85. The van der Waals surface area contributed by atoms with E-state index in [1.165, 1.54) is 16.8 Å². The van der Waals surface area contributed by atoms with Gasteiger partial charge in [-0.15, -0.1) is 0 Å². The number of piperidine rings is 1. The number of benzene rings is 2. The van der Waals surface area contributed by atoms with Crippen molar-refractivity contribution in [1.29, 1.82) is 0 Å². The van der Waals surface area contributed by atoms with Crippen molar-refractivity contribution in [3.05, 3.63) is 65.7 Å². The lowest BCUT2D eigenvalue weighted by atomic mass is 9.83. The minimum absolute atomic E-state index is 0.131. The van der Waals surface area contributed by atoms with E-state index in [1.54, 1.807) is 0 Å². The van der Waals surface area contributed by atoms with Crippen molar-refractivity contribution in [2.24, 2.45) is 0 Å². The van der Waals surface area contributed by atoms with Gasteiger partial charge in [-0.3, -0.25) is 4.79 Å². The maximum Gasteiger partial charge on any atom is 0.224 e. The summed E-state index contributed by atoms with van der Waals surface area (Å²) in [5.74, 6) is 0.297. The van der Waals surface area contributed by atoms with E-state index < -0.39 is 0 Å². The number of hydrogen-bond acceptors (Lipinski definition) is 3. The van der Waals surface area contributed by atoms with E-state index in [0.717, 1.165) is 58.4 Å². The van der Waals surface area contributed by atoms with Crippen LogP contribution in [-0.4, -0.2) is 54.0 Å². The lowest BCUT2D eigenvalue weighted by Gasteiger charge is -2.43. The van der Waals surface area contributed by atoms with Gasteiger partial charge in [0.15, 0.2) is 0 Å². The standard InChI is InChI=1S/C25H33N3O/c1-2-28-17-13-22-10-6-7-11-23(22)26-25(20-24(28)29)14-18-27(19-15-25)16-12-21-8-4-3-5-9-21/h3-11,26H,2,12-20H2,1H3. The highest BCUT2D eigenvalue weighted by Crippen LogP contribution is 2.33. The quantitative estimate of drug-likeness (QED) is 0.857. The van der Waals surface area contributed by atoms with Gasteiger partial charge in [-0.05, 0) is 49.8 Å². The van der Waals surface area contributed by atoms with Gasteiger partial charge in [0.1, 0.15) is 0 Å². The highest BCUT2D eigenvalue weighted by molar-refractivity contribution is 5.78. The summed E-state index contributed by atoms with van der Waals surface area (Å²) in [6.07, 6.45) is 4.63. The number of nitrogens with zero attached hydrogens (tertiary/aromatic N) is 2. The van der Waals surface area contributed by atoms with Crippen LogP contribution in [0, 0.1) is 0 Å². The van der Waals surface area contributed by atoms with Crippen LogP contribution in [0.1, 0.15) is 37.3 Å². The topological polar surface area (TPSA) is 35.6 Å². The van der Waals surface area contributed by atoms with E-state index in [2.05, 4.69) is 71.7 Å². The van der Waals surface area contributed by atoms with Crippen LogP contribution in [0.3, 0.4) is 0 Å². The Balaban J connectivity index is 1.46. The van der Waals surface area contributed by atoms with Crippen molar-refractivity contribution in [2.75, 3.05) is 38.0 Å². The third-order valence-corrected chi connectivity index (χ3v) is 6.66. The van der Waals surface area contributed by atoms with E-state index in [-0.39, 0.29) is 5.54 Å². The molecule has 2 aromatic rings. The molecule has 1 saturated heterocycles. The van der Waals surface area contributed by atoms with E-state index in [9.17, 15) is 4.79 Å². The molecule has 1 fully saturated rings. The summed E-state index contributed by atoms with van der Waals surface area (Å²) < 4.78 is 0. The highest BCUT2D eigenvalue weighted by atomic mass is 16.2. The number of fused-ring (bicyclic) bond motifs is 1. The van der Waals surface area contributed by atoms with Crippen LogP contribution in [0.15, 0.2) is 54.6 Å². The number of rotatable bonds is 4. The Morgan fingerprint density at radius 3 is 2.45 bits per heavy atom. The molecule has 2 aromatic carbocycles. The number of anilines is 1. The smallest absolute Gasteiger partial charge is 0.224 e. The number of carbonyl (C=O) groups is 1. The van der Waals surface area contributed by atoms with Gasteiger partial charge in [0.2, 0.25) is 5.91 Å². The maximum atomic E-state index is 13.0. The third kappa shape index (κ3) is 4.81. The molecule has 29 heavy (non-hydrogen) atoms. The van der Waals surface area contributed by atoms with Crippen LogP contribution in [0.5, 0.6) is 0 Å². The van der Waals surface area contributed by atoms with Gasteiger partial charge in [-0.2, -0.15) is 0 Å². The van der Waals surface area contributed by atoms with E-state index in [1.807, 2.05) is 4.90 Å². The lowest BCUT2D eigenvalue weighted by molar-refractivity contribution is -0.132. The van der Waals surface area contributed by atoms with Crippen molar-refractivity contribution in [3.8, 4) is 0 Å². The summed E-state index contributed by atoms with van der Waals surface area (Å²) in [6, 6.07) is 19.3. The molecule has 2 aliphatic heterocycles. The molecule has 0 radical (unpaired) electrons. The average Bonchev–Trinajstić information content (AvgIpc) is 2.80. The molecule has 0 saturated carbocycles. The average molecular weight is 392 g/mol. The maximum absolute atomic E-state index is 13.0. The Labute approximate surface area is 174 Å². The zero-order valence-electron chi connectivity index (χ0n) is 17.6. The van der Waals surface area contributed by atoms with E-state index in [0.29, 0.717) is 12.3 Å². The van der Waals surface area contributed by atoms with Crippen molar-refractivity contribution >= 4 is 11.6 Å². The van der Waals surface area contributed by atoms with Crippen molar-refractivity contribution in [2.45, 2.75) is 44.6 Å². The molecule has 1 N–H and O–H groups in total. The van der Waals surface area contributed by atoms with Crippen LogP contribution in [0.4, 0.5) is 5.69 Å². The van der Waals surface area contributed by atoms with Crippen LogP contribution in [0.25, 0.3) is 0 Å². The first-order valence-corrected chi connectivity index (χ1v) is 11.1. The van der Waals surface area contributed by atoms with Gasteiger partial charge in [-0.25, -0.2) is 0 Å². The molecule has 4 nitrogen and oxygen atoms in total. The Morgan fingerprint density at radius 2 is 1.69 bits per heavy atom. The molecule has 154 valence electrons. The molecule has 2 heterocycles. The number of para-hydroxylation sites is 1. The first-order valence-electron chi connectivity index (χ1n) is 11.1.